The van der Waals surface area contributed by atoms with Gasteiger partial charge in [-0.3, -0.25) is 4.90 Å². The van der Waals surface area contributed by atoms with Gasteiger partial charge in [0, 0.05) is 25.7 Å². The number of hydrogen-bond donors (Lipinski definition) is 3. The maximum absolute atomic E-state index is 9.70. The Morgan fingerprint density at radius 1 is 1.10 bits per heavy atom. The Bertz CT molecular complexity index is 278. The maximum atomic E-state index is 9.70. The fourth-order valence-electron chi connectivity index (χ4n) is 4.09. The summed E-state index contributed by atoms with van der Waals surface area (Å²) in [4.78, 5) is 2.25. The van der Waals surface area contributed by atoms with Crippen LogP contribution in [-0.2, 0) is 0 Å². The molecule has 0 amide bonds. The Morgan fingerprint density at radius 2 is 1.80 bits per heavy atom. The molecule has 0 bridgehead atoms. The highest BCUT2D eigenvalue weighted by Crippen LogP contribution is 2.33. The van der Waals surface area contributed by atoms with Crippen molar-refractivity contribution in [2.45, 2.75) is 64.2 Å². The first-order valence-corrected chi connectivity index (χ1v) is 8.45. The molecule has 0 aromatic heterocycles. The number of rotatable bonds is 6. The van der Waals surface area contributed by atoms with Gasteiger partial charge in [0.25, 0.3) is 0 Å². The van der Waals surface area contributed by atoms with Crippen LogP contribution in [0.2, 0.25) is 0 Å². The molecule has 2 rings (SSSR count). The third kappa shape index (κ3) is 4.17. The molecule has 1 aliphatic heterocycles. The topological polar surface area (TPSA) is 55.7 Å². The first kappa shape index (κ1) is 16.2. The van der Waals surface area contributed by atoms with Crippen LogP contribution in [0.1, 0.15) is 46.0 Å². The number of nitrogens with one attached hydrogen (secondary N) is 1. The largest absolute Gasteiger partial charge is 0.389 e. The molecule has 2 fully saturated rings. The Morgan fingerprint density at radius 3 is 2.40 bits per heavy atom. The number of aliphatic hydroxyl groups is 2. The molecule has 118 valence electrons. The minimum Gasteiger partial charge on any atom is -0.389 e. The van der Waals surface area contributed by atoms with Gasteiger partial charge < -0.3 is 15.5 Å². The monoisotopic (exact) mass is 284 g/mol. The Labute approximate surface area is 123 Å². The van der Waals surface area contributed by atoms with Gasteiger partial charge in [0.15, 0.2) is 0 Å². The van der Waals surface area contributed by atoms with E-state index >= 15 is 0 Å². The van der Waals surface area contributed by atoms with Gasteiger partial charge in [0.2, 0.25) is 0 Å². The van der Waals surface area contributed by atoms with E-state index < -0.39 is 12.2 Å². The molecule has 5 atom stereocenters. The van der Waals surface area contributed by atoms with Crippen molar-refractivity contribution in [2.24, 2.45) is 11.8 Å². The predicted octanol–water partition coefficient (Wildman–Crippen LogP) is 1.22. The van der Waals surface area contributed by atoms with Gasteiger partial charge in [-0.25, -0.2) is 0 Å². The highest BCUT2D eigenvalue weighted by molar-refractivity contribution is 4.90. The van der Waals surface area contributed by atoms with E-state index in [0.717, 1.165) is 19.0 Å². The summed E-state index contributed by atoms with van der Waals surface area (Å²) in [6.45, 7) is 7.78. The number of likely N-dealkylation sites (tertiary alicyclic amines) is 1. The Hall–Kier alpha value is -0.160. The molecule has 1 saturated carbocycles. The molecule has 1 aliphatic carbocycles. The molecular weight excluding hydrogens is 252 g/mol. The quantitative estimate of drug-likeness (QED) is 0.686. The number of nitrogens with zero attached hydrogens (tertiary/aromatic N) is 1. The molecule has 0 radical (unpaired) electrons. The van der Waals surface area contributed by atoms with Crippen LogP contribution in [0.25, 0.3) is 0 Å². The average molecular weight is 284 g/mol. The normalized spacial score (nSPS) is 39.3. The molecule has 4 heteroatoms. The van der Waals surface area contributed by atoms with Gasteiger partial charge in [0.05, 0.1) is 12.2 Å². The van der Waals surface area contributed by atoms with Crippen LogP contribution in [0.4, 0.5) is 0 Å². The van der Waals surface area contributed by atoms with Crippen molar-refractivity contribution in [1.82, 2.24) is 10.2 Å². The molecule has 20 heavy (non-hydrogen) atoms. The van der Waals surface area contributed by atoms with Gasteiger partial charge in [-0.05, 0) is 37.6 Å². The minimum atomic E-state index is -0.553. The third-order valence-electron chi connectivity index (χ3n) is 5.08. The molecule has 1 heterocycles. The van der Waals surface area contributed by atoms with Gasteiger partial charge >= 0.3 is 0 Å². The second-order valence-electron chi connectivity index (χ2n) is 6.75. The first-order chi connectivity index (χ1) is 9.63. The molecule has 0 aromatic carbocycles. The summed E-state index contributed by atoms with van der Waals surface area (Å²) >= 11 is 0. The molecule has 2 aliphatic rings. The second-order valence-corrected chi connectivity index (χ2v) is 6.75. The maximum Gasteiger partial charge on any atom is 0.0938 e. The zero-order chi connectivity index (χ0) is 14.5. The Balaban J connectivity index is 1.89. The lowest BCUT2D eigenvalue weighted by Crippen LogP contribution is -2.45. The SMILES string of the molecule is CCCC1CCC(NCC)C(CN2CC(O)C(O)C2)C1. The number of hydrogen-bond acceptors (Lipinski definition) is 4. The molecule has 5 unspecified atom stereocenters. The van der Waals surface area contributed by atoms with Gasteiger partial charge in [-0.15, -0.1) is 0 Å². The van der Waals surface area contributed by atoms with Crippen molar-refractivity contribution in [3.8, 4) is 0 Å². The van der Waals surface area contributed by atoms with Crippen molar-refractivity contribution in [2.75, 3.05) is 26.2 Å². The lowest BCUT2D eigenvalue weighted by molar-refractivity contribution is 0.0572. The van der Waals surface area contributed by atoms with Crippen molar-refractivity contribution >= 4 is 0 Å². The fourth-order valence-corrected chi connectivity index (χ4v) is 4.09. The van der Waals surface area contributed by atoms with Crippen LogP contribution in [0.15, 0.2) is 0 Å². The summed E-state index contributed by atoms with van der Waals surface area (Å²) in [6.07, 6.45) is 5.46. The Kier molecular flexibility index (Phi) is 6.27. The number of aliphatic hydroxyl groups excluding tert-OH is 2. The van der Waals surface area contributed by atoms with E-state index in [1.807, 2.05) is 0 Å². The fraction of sp³-hybridized carbons (Fsp3) is 1.00. The van der Waals surface area contributed by atoms with Crippen molar-refractivity contribution in [3.63, 3.8) is 0 Å². The van der Waals surface area contributed by atoms with Crippen LogP contribution < -0.4 is 5.32 Å². The lowest BCUT2D eigenvalue weighted by atomic mass is 9.76. The molecule has 0 spiro atoms. The van der Waals surface area contributed by atoms with E-state index in [2.05, 4.69) is 24.1 Å². The molecular formula is C16H32N2O2. The summed E-state index contributed by atoms with van der Waals surface area (Å²) < 4.78 is 0. The molecule has 4 nitrogen and oxygen atoms in total. The minimum absolute atomic E-state index is 0.553. The smallest absolute Gasteiger partial charge is 0.0938 e. The summed E-state index contributed by atoms with van der Waals surface area (Å²) in [5.41, 5.74) is 0. The average Bonchev–Trinajstić information content (AvgIpc) is 2.72. The van der Waals surface area contributed by atoms with Crippen LogP contribution in [0.3, 0.4) is 0 Å². The zero-order valence-electron chi connectivity index (χ0n) is 13.1. The highest BCUT2D eigenvalue weighted by Gasteiger charge is 2.35. The molecule has 1 saturated heterocycles. The van der Waals surface area contributed by atoms with Crippen LogP contribution in [0.5, 0.6) is 0 Å². The van der Waals surface area contributed by atoms with Crippen LogP contribution in [-0.4, -0.2) is 59.5 Å². The van der Waals surface area contributed by atoms with Gasteiger partial charge in [-0.2, -0.15) is 0 Å². The molecule has 3 N–H and O–H groups in total. The van der Waals surface area contributed by atoms with Crippen LogP contribution >= 0.6 is 0 Å². The van der Waals surface area contributed by atoms with Gasteiger partial charge in [0.1, 0.15) is 0 Å². The predicted molar refractivity (Wildman–Crippen MR) is 81.7 cm³/mol. The third-order valence-corrected chi connectivity index (χ3v) is 5.08. The van der Waals surface area contributed by atoms with E-state index in [1.165, 1.54) is 32.1 Å². The summed E-state index contributed by atoms with van der Waals surface area (Å²) in [6, 6.07) is 0.614. The van der Waals surface area contributed by atoms with E-state index in [0.29, 0.717) is 25.0 Å². The van der Waals surface area contributed by atoms with E-state index in [4.69, 9.17) is 0 Å². The zero-order valence-corrected chi connectivity index (χ0v) is 13.1. The van der Waals surface area contributed by atoms with Crippen molar-refractivity contribution < 1.29 is 10.2 Å². The second kappa shape index (κ2) is 7.74. The highest BCUT2D eigenvalue weighted by atomic mass is 16.3. The van der Waals surface area contributed by atoms with Crippen molar-refractivity contribution in [3.05, 3.63) is 0 Å². The van der Waals surface area contributed by atoms with E-state index in [9.17, 15) is 10.2 Å². The standard InChI is InChI=1S/C16H32N2O2/c1-3-5-12-6-7-14(17-4-2)13(8-12)9-18-10-15(19)16(20)11-18/h12-17,19-20H,3-11H2,1-2H3. The summed E-state index contributed by atoms with van der Waals surface area (Å²) in [5, 5.41) is 23.0. The van der Waals surface area contributed by atoms with E-state index in [1.54, 1.807) is 0 Å². The van der Waals surface area contributed by atoms with Crippen molar-refractivity contribution in [1.29, 1.82) is 0 Å². The van der Waals surface area contributed by atoms with E-state index in [-0.39, 0.29) is 0 Å². The summed E-state index contributed by atoms with van der Waals surface area (Å²) in [5.74, 6) is 1.54. The summed E-state index contributed by atoms with van der Waals surface area (Å²) in [7, 11) is 0. The molecule has 0 aromatic rings. The van der Waals surface area contributed by atoms with Crippen LogP contribution in [0, 0.1) is 11.8 Å². The number of β-amino-alcohol motifs (C(OH)–C–C–N with tert-alkyl or cyclic N) is 2. The van der Waals surface area contributed by atoms with Gasteiger partial charge in [-0.1, -0.05) is 26.7 Å². The lowest BCUT2D eigenvalue weighted by Gasteiger charge is -2.38. The first-order valence-electron chi connectivity index (χ1n) is 8.45.